The zero-order valence-electron chi connectivity index (χ0n) is 13.8. The van der Waals surface area contributed by atoms with Crippen LogP contribution in [-0.2, 0) is 16.0 Å². The molecule has 1 heterocycles. The van der Waals surface area contributed by atoms with Crippen molar-refractivity contribution >= 4 is 23.2 Å². The molecule has 1 unspecified atom stereocenters. The van der Waals surface area contributed by atoms with Gasteiger partial charge < -0.3 is 15.0 Å². The highest BCUT2D eigenvalue weighted by Gasteiger charge is 2.31. The molecule has 2 aromatic carbocycles. The second-order valence-corrected chi connectivity index (χ2v) is 5.90. The summed E-state index contributed by atoms with van der Waals surface area (Å²) in [6.07, 6.45) is 0.634. The van der Waals surface area contributed by atoms with Crippen molar-refractivity contribution in [2.45, 2.75) is 25.8 Å². The first kappa shape index (κ1) is 16.1. The third-order valence-electron chi connectivity index (χ3n) is 4.14. The number of benzene rings is 2. The van der Waals surface area contributed by atoms with Gasteiger partial charge in [-0.25, -0.2) is 0 Å². The van der Waals surface area contributed by atoms with Gasteiger partial charge in [0.05, 0.1) is 7.11 Å². The molecule has 0 aliphatic carbocycles. The summed E-state index contributed by atoms with van der Waals surface area (Å²) in [4.78, 5) is 26.5. The van der Waals surface area contributed by atoms with Crippen molar-refractivity contribution in [1.29, 1.82) is 0 Å². The van der Waals surface area contributed by atoms with Crippen molar-refractivity contribution in [2.24, 2.45) is 0 Å². The van der Waals surface area contributed by atoms with Crippen LogP contribution in [0.1, 0.15) is 18.9 Å². The number of carbonyl (C=O) groups excluding carboxylic acids is 2. The first-order valence-corrected chi connectivity index (χ1v) is 7.92. The summed E-state index contributed by atoms with van der Waals surface area (Å²) in [6, 6.07) is 15.0. The molecule has 1 atom stereocenters. The lowest BCUT2D eigenvalue weighted by atomic mass is 10.1. The number of ether oxygens (including phenoxy) is 1. The molecule has 0 saturated heterocycles. The van der Waals surface area contributed by atoms with Crippen molar-refractivity contribution in [3.63, 3.8) is 0 Å². The number of para-hydroxylation sites is 1. The SMILES string of the molecule is COc1cccc(NC(=O)CC(=O)N2c3ccccc3CC2C)c1. The number of hydrogen-bond acceptors (Lipinski definition) is 3. The Hall–Kier alpha value is -2.82. The Kier molecular flexibility index (Phi) is 4.51. The Morgan fingerprint density at radius 2 is 2.00 bits per heavy atom. The molecule has 0 bridgehead atoms. The van der Waals surface area contributed by atoms with Gasteiger partial charge in [-0.15, -0.1) is 0 Å². The number of hydrogen-bond donors (Lipinski definition) is 1. The lowest BCUT2D eigenvalue weighted by Crippen LogP contribution is -2.37. The summed E-state index contributed by atoms with van der Waals surface area (Å²) < 4.78 is 5.13. The fourth-order valence-corrected chi connectivity index (χ4v) is 3.07. The van der Waals surface area contributed by atoms with E-state index in [4.69, 9.17) is 4.74 Å². The van der Waals surface area contributed by atoms with Crippen molar-refractivity contribution in [1.82, 2.24) is 0 Å². The van der Waals surface area contributed by atoms with Gasteiger partial charge in [0.25, 0.3) is 0 Å². The van der Waals surface area contributed by atoms with E-state index in [1.54, 1.807) is 36.3 Å². The number of methoxy groups -OCH3 is 1. The van der Waals surface area contributed by atoms with Crippen LogP contribution in [0.3, 0.4) is 0 Å². The molecule has 2 amide bonds. The van der Waals surface area contributed by atoms with E-state index in [0.29, 0.717) is 11.4 Å². The Labute approximate surface area is 141 Å². The maximum atomic E-state index is 12.6. The first-order chi connectivity index (χ1) is 11.6. The summed E-state index contributed by atoms with van der Waals surface area (Å²) in [7, 11) is 1.57. The van der Waals surface area contributed by atoms with Crippen LogP contribution < -0.4 is 15.0 Å². The minimum absolute atomic E-state index is 0.0690. The Morgan fingerprint density at radius 1 is 1.21 bits per heavy atom. The zero-order chi connectivity index (χ0) is 17.1. The zero-order valence-corrected chi connectivity index (χ0v) is 13.8. The van der Waals surface area contributed by atoms with E-state index < -0.39 is 0 Å². The minimum Gasteiger partial charge on any atom is -0.497 e. The average Bonchev–Trinajstić information content (AvgIpc) is 2.90. The fourth-order valence-electron chi connectivity index (χ4n) is 3.07. The number of rotatable bonds is 4. The lowest BCUT2D eigenvalue weighted by molar-refractivity contribution is -0.125. The average molecular weight is 324 g/mol. The quantitative estimate of drug-likeness (QED) is 0.880. The highest BCUT2D eigenvalue weighted by atomic mass is 16.5. The number of carbonyl (C=O) groups is 2. The third kappa shape index (κ3) is 3.25. The molecule has 0 saturated carbocycles. The molecular weight excluding hydrogens is 304 g/mol. The van der Waals surface area contributed by atoms with Gasteiger partial charge in [0.15, 0.2) is 0 Å². The second kappa shape index (κ2) is 6.74. The van der Waals surface area contributed by atoms with E-state index >= 15 is 0 Å². The van der Waals surface area contributed by atoms with Crippen LogP contribution in [0.15, 0.2) is 48.5 Å². The number of nitrogens with one attached hydrogen (secondary N) is 1. The van der Waals surface area contributed by atoms with Crippen molar-refractivity contribution in [3.8, 4) is 5.75 Å². The number of amides is 2. The Bertz CT molecular complexity index is 773. The van der Waals surface area contributed by atoms with Gasteiger partial charge in [0, 0.05) is 23.5 Å². The van der Waals surface area contributed by atoms with Crippen LogP contribution in [0, 0.1) is 0 Å². The largest absolute Gasteiger partial charge is 0.497 e. The maximum absolute atomic E-state index is 12.6. The Balaban J connectivity index is 1.67. The maximum Gasteiger partial charge on any atom is 0.236 e. The number of fused-ring (bicyclic) bond motifs is 1. The van der Waals surface area contributed by atoms with Crippen molar-refractivity contribution in [2.75, 3.05) is 17.3 Å². The van der Waals surface area contributed by atoms with Gasteiger partial charge in [0.1, 0.15) is 12.2 Å². The molecule has 1 N–H and O–H groups in total. The van der Waals surface area contributed by atoms with Crippen LogP contribution in [0.2, 0.25) is 0 Å². The van der Waals surface area contributed by atoms with Crippen LogP contribution in [0.4, 0.5) is 11.4 Å². The predicted molar refractivity (Wildman–Crippen MR) is 93.3 cm³/mol. The molecule has 2 aromatic rings. The summed E-state index contributed by atoms with van der Waals surface area (Å²) in [6.45, 7) is 2.00. The van der Waals surface area contributed by atoms with Crippen molar-refractivity contribution in [3.05, 3.63) is 54.1 Å². The summed E-state index contributed by atoms with van der Waals surface area (Å²) >= 11 is 0. The standard InChI is InChI=1S/C19H20N2O3/c1-13-10-14-6-3-4-9-17(14)21(13)19(23)12-18(22)20-15-7-5-8-16(11-15)24-2/h3-9,11,13H,10,12H2,1-2H3,(H,20,22). The van der Waals surface area contributed by atoms with Gasteiger partial charge in [-0.3, -0.25) is 9.59 Å². The molecule has 0 spiro atoms. The number of nitrogens with zero attached hydrogens (tertiary/aromatic N) is 1. The van der Waals surface area contributed by atoms with Crippen LogP contribution in [-0.4, -0.2) is 25.0 Å². The second-order valence-electron chi connectivity index (χ2n) is 5.90. The van der Waals surface area contributed by atoms with E-state index in [9.17, 15) is 9.59 Å². The summed E-state index contributed by atoms with van der Waals surface area (Å²) in [5, 5.41) is 2.74. The van der Waals surface area contributed by atoms with E-state index in [-0.39, 0.29) is 24.3 Å². The molecule has 124 valence electrons. The molecule has 0 fully saturated rings. The van der Waals surface area contributed by atoms with Crippen molar-refractivity contribution < 1.29 is 14.3 Å². The fraction of sp³-hybridized carbons (Fsp3) is 0.263. The molecule has 5 nitrogen and oxygen atoms in total. The molecule has 5 heteroatoms. The van der Waals surface area contributed by atoms with E-state index in [1.807, 2.05) is 31.2 Å². The van der Waals surface area contributed by atoms with Gasteiger partial charge in [-0.05, 0) is 37.1 Å². The molecular formula is C19H20N2O3. The molecule has 3 rings (SSSR count). The van der Waals surface area contributed by atoms with Gasteiger partial charge in [0.2, 0.25) is 11.8 Å². The predicted octanol–water partition coefficient (Wildman–Crippen LogP) is 3.00. The molecule has 1 aliphatic heterocycles. The first-order valence-electron chi connectivity index (χ1n) is 7.92. The minimum atomic E-state index is -0.329. The van der Waals surface area contributed by atoms with Gasteiger partial charge in [-0.1, -0.05) is 24.3 Å². The third-order valence-corrected chi connectivity index (χ3v) is 4.14. The molecule has 24 heavy (non-hydrogen) atoms. The highest BCUT2D eigenvalue weighted by Crippen LogP contribution is 2.32. The normalized spacial score (nSPS) is 15.8. The summed E-state index contributed by atoms with van der Waals surface area (Å²) in [5.74, 6) is 0.138. The van der Waals surface area contributed by atoms with Crippen LogP contribution in [0.5, 0.6) is 5.75 Å². The number of anilines is 2. The Morgan fingerprint density at radius 3 is 2.79 bits per heavy atom. The van der Waals surface area contributed by atoms with E-state index in [2.05, 4.69) is 5.32 Å². The molecule has 0 radical (unpaired) electrons. The molecule has 1 aliphatic rings. The molecule has 0 aromatic heterocycles. The monoisotopic (exact) mass is 324 g/mol. The van der Waals surface area contributed by atoms with Crippen LogP contribution in [0.25, 0.3) is 0 Å². The van der Waals surface area contributed by atoms with Crippen LogP contribution >= 0.6 is 0 Å². The van der Waals surface area contributed by atoms with Gasteiger partial charge in [-0.2, -0.15) is 0 Å². The lowest BCUT2D eigenvalue weighted by Gasteiger charge is -2.22. The topological polar surface area (TPSA) is 58.6 Å². The highest BCUT2D eigenvalue weighted by molar-refractivity contribution is 6.10. The smallest absolute Gasteiger partial charge is 0.236 e. The van der Waals surface area contributed by atoms with E-state index in [0.717, 1.165) is 17.7 Å². The van der Waals surface area contributed by atoms with E-state index in [1.165, 1.54) is 0 Å². The summed E-state index contributed by atoms with van der Waals surface area (Å²) in [5.41, 5.74) is 2.66. The van der Waals surface area contributed by atoms with Gasteiger partial charge >= 0.3 is 0 Å².